The Morgan fingerprint density at radius 2 is 2.22 bits per heavy atom. The van der Waals surface area contributed by atoms with Gasteiger partial charge in [-0.05, 0) is 37.8 Å². The van der Waals surface area contributed by atoms with E-state index in [-0.39, 0.29) is 31.2 Å². The zero-order valence-electron chi connectivity index (χ0n) is 13.8. The summed E-state index contributed by atoms with van der Waals surface area (Å²) in [6, 6.07) is 3.79. The van der Waals surface area contributed by atoms with Crippen molar-refractivity contribution in [2.24, 2.45) is 0 Å². The number of nitrogens with one attached hydrogen (secondary N) is 1. The number of carbonyl (C=O) groups is 2. The van der Waals surface area contributed by atoms with Gasteiger partial charge in [-0.2, -0.15) is 0 Å². The predicted octanol–water partition coefficient (Wildman–Crippen LogP) is 0.812. The van der Waals surface area contributed by atoms with E-state index < -0.39 is 5.60 Å². The Morgan fingerprint density at radius 3 is 2.87 bits per heavy atom. The Labute approximate surface area is 136 Å². The van der Waals surface area contributed by atoms with Crippen LogP contribution in [-0.2, 0) is 16.0 Å². The summed E-state index contributed by atoms with van der Waals surface area (Å²) in [6.45, 7) is 2.89. The first-order valence-corrected chi connectivity index (χ1v) is 8.04. The largest absolute Gasteiger partial charge is 0.388 e. The fourth-order valence-corrected chi connectivity index (χ4v) is 2.87. The molecule has 1 aliphatic rings. The molecule has 2 N–H and O–H groups in total. The summed E-state index contributed by atoms with van der Waals surface area (Å²) < 4.78 is 0. The van der Waals surface area contributed by atoms with E-state index in [4.69, 9.17) is 0 Å². The number of rotatable bonds is 5. The van der Waals surface area contributed by atoms with Gasteiger partial charge in [-0.15, -0.1) is 0 Å². The summed E-state index contributed by atoms with van der Waals surface area (Å²) in [6.07, 6.45) is 4.01. The predicted molar refractivity (Wildman–Crippen MR) is 86.7 cm³/mol. The number of aliphatic hydroxyl groups is 1. The lowest BCUT2D eigenvalue weighted by molar-refractivity contribution is -0.138. The van der Waals surface area contributed by atoms with Crippen molar-refractivity contribution in [3.8, 4) is 0 Å². The standard InChI is InChI=1S/C17H25N3O3/c1-13-4-5-14(19-11-13)10-16(22)20-9-3-7-17(23,12-20)8-6-15(21)18-2/h4-5,11,23H,3,6-10,12H2,1-2H3,(H,18,21). The van der Waals surface area contributed by atoms with Crippen LogP contribution in [0.3, 0.4) is 0 Å². The fourth-order valence-electron chi connectivity index (χ4n) is 2.87. The quantitative estimate of drug-likeness (QED) is 0.841. The van der Waals surface area contributed by atoms with Crippen LogP contribution < -0.4 is 5.32 Å². The lowest BCUT2D eigenvalue weighted by Gasteiger charge is -2.39. The molecule has 6 heteroatoms. The van der Waals surface area contributed by atoms with Crippen LogP contribution in [0.4, 0.5) is 0 Å². The van der Waals surface area contributed by atoms with Crippen LogP contribution in [0.1, 0.15) is 36.9 Å². The van der Waals surface area contributed by atoms with Gasteiger partial charge in [0.25, 0.3) is 0 Å². The number of carbonyl (C=O) groups excluding carboxylic acids is 2. The highest BCUT2D eigenvalue weighted by atomic mass is 16.3. The van der Waals surface area contributed by atoms with E-state index in [1.807, 2.05) is 19.1 Å². The first-order valence-electron chi connectivity index (χ1n) is 8.04. The Kier molecular flexibility index (Phi) is 5.71. The van der Waals surface area contributed by atoms with Gasteiger partial charge in [-0.1, -0.05) is 6.07 Å². The molecule has 1 aromatic heterocycles. The maximum atomic E-state index is 12.4. The Hall–Kier alpha value is -1.95. The maximum absolute atomic E-state index is 12.4. The van der Waals surface area contributed by atoms with Gasteiger partial charge in [0.2, 0.25) is 11.8 Å². The third-order valence-electron chi connectivity index (χ3n) is 4.31. The molecule has 0 bridgehead atoms. The second kappa shape index (κ2) is 7.55. The van der Waals surface area contributed by atoms with Crippen LogP contribution >= 0.6 is 0 Å². The van der Waals surface area contributed by atoms with Gasteiger partial charge in [-0.3, -0.25) is 14.6 Å². The molecule has 23 heavy (non-hydrogen) atoms. The number of hydrogen-bond donors (Lipinski definition) is 2. The number of piperidine rings is 1. The van der Waals surface area contributed by atoms with Gasteiger partial charge >= 0.3 is 0 Å². The molecule has 1 aliphatic heterocycles. The second-order valence-electron chi connectivity index (χ2n) is 6.32. The van der Waals surface area contributed by atoms with Crippen LogP contribution in [0.25, 0.3) is 0 Å². The molecule has 0 aliphatic carbocycles. The highest BCUT2D eigenvalue weighted by Gasteiger charge is 2.35. The van der Waals surface area contributed by atoms with E-state index in [0.717, 1.165) is 17.7 Å². The molecule has 6 nitrogen and oxygen atoms in total. The smallest absolute Gasteiger partial charge is 0.228 e. The molecule has 0 saturated carbocycles. The highest BCUT2D eigenvalue weighted by Crippen LogP contribution is 2.26. The topological polar surface area (TPSA) is 82.5 Å². The van der Waals surface area contributed by atoms with E-state index in [1.165, 1.54) is 0 Å². The molecule has 1 aromatic rings. The molecule has 0 radical (unpaired) electrons. The minimum absolute atomic E-state index is 0.0283. The van der Waals surface area contributed by atoms with E-state index in [2.05, 4.69) is 10.3 Å². The van der Waals surface area contributed by atoms with Gasteiger partial charge in [0.15, 0.2) is 0 Å². The summed E-state index contributed by atoms with van der Waals surface area (Å²) in [5.74, 6) is -0.120. The molecular formula is C17H25N3O3. The Balaban J connectivity index is 1.92. The van der Waals surface area contributed by atoms with E-state index in [0.29, 0.717) is 19.4 Å². The number of pyridine rings is 1. The van der Waals surface area contributed by atoms with Crippen molar-refractivity contribution in [1.82, 2.24) is 15.2 Å². The van der Waals surface area contributed by atoms with Crippen LogP contribution in [0, 0.1) is 6.92 Å². The molecule has 1 atom stereocenters. The van der Waals surface area contributed by atoms with Crippen molar-refractivity contribution in [1.29, 1.82) is 0 Å². The molecule has 0 aromatic carbocycles. The third kappa shape index (κ3) is 5.03. The van der Waals surface area contributed by atoms with Crippen molar-refractivity contribution in [3.05, 3.63) is 29.6 Å². The number of hydrogen-bond acceptors (Lipinski definition) is 4. The second-order valence-corrected chi connectivity index (χ2v) is 6.32. The number of aromatic nitrogens is 1. The number of nitrogens with zero attached hydrogens (tertiary/aromatic N) is 2. The zero-order valence-corrected chi connectivity index (χ0v) is 13.8. The third-order valence-corrected chi connectivity index (χ3v) is 4.31. The molecule has 1 saturated heterocycles. The molecule has 1 fully saturated rings. The van der Waals surface area contributed by atoms with Gasteiger partial charge in [0, 0.05) is 38.4 Å². The summed E-state index contributed by atoms with van der Waals surface area (Å²) in [5, 5.41) is 13.2. The molecule has 2 rings (SSSR count). The Morgan fingerprint density at radius 1 is 1.43 bits per heavy atom. The molecule has 126 valence electrons. The van der Waals surface area contributed by atoms with Crippen molar-refractivity contribution >= 4 is 11.8 Å². The normalized spacial score (nSPS) is 21.1. The number of β-amino-alcohol motifs (C(OH)–C–C–N with tert-alkyl or cyclic N) is 1. The van der Waals surface area contributed by atoms with Crippen LogP contribution in [0.15, 0.2) is 18.3 Å². The lowest BCUT2D eigenvalue weighted by Crippen LogP contribution is -2.51. The average molecular weight is 319 g/mol. The zero-order chi connectivity index (χ0) is 16.9. The van der Waals surface area contributed by atoms with Gasteiger partial charge < -0.3 is 15.3 Å². The molecule has 1 unspecified atom stereocenters. The van der Waals surface area contributed by atoms with Crippen LogP contribution in [0.2, 0.25) is 0 Å². The summed E-state index contributed by atoms with van der Waals surface area (Å²) >= 11 is 0. The molecular weight excluding hydrogens is 294 g/mol. The first kappa shape index (κ1) is 17.4. The van der Waals surface area contributed by atoms with E-state index >= 15 is 0 Å². The lowest BCUT2D eigenvalue weighted by atomic mass is 9.88. The minimum Gasteiger partial charge on any atom is -0.388 e. The van der Waals surface area contributed by atoms with Gasteiger partial charge in [0.05, 0.1) is 12.0 Å². The van der Waals surface area contributed by atoms with E-state index in [1.54, 1.807) is 18.1 Å². The first-order chi connectivity index (χ1) is 10.9. The van der Waals surface area contributed by atoms with Crippen molar-refractivity contribution in [3.63, 3.8) is 0 Å². The SMILES string of the molecule is CNC(=O)CCC1(O)CCCN(C(=O)Cc2ccc(C)cn2)C1. The monoisotopic (exact) mass is 319 g/mol. The van der Waals surface area contributed by atoms with E-state index in [9.17, 15) is 14.7 Å². The van der Waals surface area contributed by atoms with Crippen molar-refractivity contribution < 1.29 is 14.7 Å². The number of likely N-dealkylation sites (tertiary alicyclic amines) is 1. The summed E-state index contributed by atoms with van der Waals surface area (Å²) in [7, 11) is 1.58. The van der Waals surface area contributed by atoms with Crippen molar-refractivity contribution in [2.75, 3.05) is 20.1 Å². The highest BCUT2D eigenvalue weighted by molar-refractivity contribution is 5.78. The van der Waals surface area contributed by atoms with Crippen LogP contribution in [-0.4, -0.2) is 52.5 Å². The minimum atomic E-state index is -0.971. The fraction of sp³-hybridized carbons (Fsp3) is 0.588. The summed E-state index contributed by atoms with van der Waals surface area (Å²) in [4.78, 5) is 29.7. The molecule has 0 spiro atoms. The van der Waals surface area contributed by atoms with Gasteiger partial charge in [-0.25, -0.2) is 0 Å². The van der Waals surface area contributed by atoms with Crippen LogP contribution in [0.5, 0.6) is 0 Å². The number of amides is 2. The Bertz CT molecular complexity index is 559. The molecule has 2 amide bonds. The maximum Gasteiger partial charge on any atom is 0.228 e. The number of aryl methyl sites for hydroxylation is 1. The van der Waals surface area contributed by atoms with Crippen molar-refractivity contribution in [2.45, 2.75) is 44.6 Å². The van der Waals surface area contributed by atoms with Gasteiger partial charge in [0.1, 0.15) is 0 Å². The molecule has 2 heterocycles. The average Bonchev–Trinajstić information content (AvgIpc) is 2.55. The summed E-state index contributed by atoms with van der Waals surface area (Å²) in [5.41, 5.74) is 0.823.